The summed E-state index contributed by atoms with van der Waals surface area (Å²) in [7, 11) is -3.68. The van der Waals surface area contributed by atoms with Gasteiger partial charge in [0.15, 0.2) is 0 Å². The number of allylic oxidation sites excluding steroid dienone is 5. The van der Waals surface area contributed by atoms with Gasteiger partial charge in [0.1, 0.15) is 0 Å². The Morgan fingerprint density at radius 3 is 2.43 bits per heavy atom. The maximum absolute atomic E-state index is 11.4. The van der Waals surface area contributed by atoms with E-state index in [1.165, 1.54) is 12.1 Å². The molecule has 0 aliphatic heterocycles. The Labute approximate surface area is 137 Å². The van der Waals surface area contributed by atoms with Crippen LogP contribution in [0.15, 0.2) is 72.3 Å². The van der Waals surface area contributed by atoms with E-state index in [1.54, 1.807) is 18.2 Å². The molecule has 0 aliphatic carbocycles. The highest BCUT2D eigenvalue weighted by molar-refractivity contribution is 7.89. The van der Waals surface area contributed by atoms with Crippen molar-refractivity contribution in [1.82, 2.24) is 4.57 Å². The highest BCUT2D eigenvalue weighted by atomic mass is 32.2. The van der Waals surface area contributed by atoms with Gasteiger partial charge in [0.25, 0.3) is 0 Å². The summed E-state index contributed by atoms with van der Waals surface area (Å²) in [6.45, 7) is 7.68. The number of nitrogens with two attached hydrogens (primary N) is 1. The van der Waals surface area contributed by atoms with Crippen molar-refractivity contribution in [3.63, 3.8) is 0 Å². The van der Waals surface area contributed by atoms with Gasteiger partial charge in [-0.2, -0.15) is 0 Å². The quantitative estimate of drug-likeness (QED) is 0.853. The van der Waals surface area contributed by atoms with Crippen LogP contribution in [0.2, 0.25) is 0 Å². The van der Waals surface area contributed by atoms with E-state index in [1.807, 2.05) is 42.8 Å². The van der Waals surface area contributed by atoms with Crippen LogP contribution in [0.4, 0.5) is 0 Å². The van der Waals surface area contributed by atoms with E-state index in [9.17, 15) is 8.42 Å². The molecule has 2 rings (SSSR count). The van der Waals surface area contributed by atoms with Crippen LogP contribution in [0.3, 0.4) is 0 Å². The SMILES string of the molecule is C=C/C=C\C(=C/C)c1cc(C)cn1-c1ccc(S(N)(=O)=O)cc1. The van der Waals surface area contributed by atoms with Crippen molar-refractivity contribution in [1.29, 1.82) is 0 Å². The highest BCUT2D eigenvalue weighted by Crippen LogP contribution is 2.24. The monoisotopic (exact) mass is 328 g/mol. The molecule has 0 amide bonds. The molecule has 1 aromatic heterocycles. The van der Waals surface area contributed by atoms with Crippen molar-refractivity contribution < 1.29 is 8.42 Å². The summed E-state index contributed by atoms with van der Waals surface area (Å²) < 4.78 is 24.8. The Morgan fingerprint density at radius 2 is 1.91 bits per heavy atom. The molecular formula is C18H20N2O2S. The summed E-state index contributed by atoms with van der Waals surface area (Å²) in [5.74, 6) is 0. The third kappa shape index (κ3) is 3.88. The fraction of sp³-hybridized carbons (Fsp3) is 0.111. The number of benzene rings is 1. The standard InChI is InChI=1S/C18H20N2O2S/c1-4-6-7-15(5-2)18-12-14(3)13-20(18)16-8-10-17(11-9-16)23(19,21)22/h4-13H,1H2,2-3H3,(H2,19,21,22)/b7-6-,15-5+. The summed E-state index contributed by atoms with van der Waals surface area (Å²) >= 11 is 0. The Bertz CT molecular complexity index is 870. The molecule has 120 valence electrons. The first-order valence-corrected chi connectivity index (χ1v) is 8.69. The third-order valence-corrected chi connectivity index (χ3v) is 4.35. The van der Waals surface area contributed by atoms with Crippen LogP contribution >= 0.6 is 0 Å². The minimum atomic E-state index is -3.68. The lowest BCUT2D eigenvalue weighted by Gasteiger charge is -2.10. The zero-order valence-electron chi connectivity index (χ0n) is 13.2. The van der Waals surface area contributed by atoms with Crippen molar-refractivity contribution in [2.75, 3.05) is 0 Å². The lowest BCUT2D eigenvalue weighted by atomic mass is 10.1. The zero-order valence-corrected chi connectivity index (χ0v) is 14.0. The second-order valence-corrected chi connectivity index (χ2v) is 6.71. The molecule has 0 bridgehead atoms. The van der Waals surface area contributed by atoms with Gasteiger partial charge in [-0.25, -0.2) is 13.6 Å². The Morgan fingerprint density at radius 1 is 1.26 bits per heavy atom. The zero-order chi connectivity index (χ0) is 17.0. The topological polar surface area (TPSA) is 65.1 Å². The van der Waals surface area contributed by atoms with Gasteiger partial charge in [-0.05, 0) is 55.3 Å². The molecule has 0 saturated heterocycles. The van der Waals surface area contributed by atoms with Crippen LogP contribution < -0.4 is 5.14 Å². The van der Waals surface area contributed by atoms with Crippen LogP contribution in [0.5, 0.6) is 0 Å². The molecule has 0 saturated carbocycles. The van der Waals surface area contributed by atoms with Gasteiger partial charge in [0, 0.05) is 11.9 Å². The van der Waals surface area contributed by atoms with E-state index in [2.05, 4.69) is 12.6 Å². The van der Waals surface area contributed by atoms with Crippen LogP contribution in [0.1, 0.15) is 18.2 Å². The van der Waals surface area contributed by atoms with Crippen molar-refractivity contribution in [3.8, 4) is 5.69 Å². The van der Waals surface area contributed by atoms with Crippen molar-refractivity contribution >= 4 is 15.6 Å². The van der Waals surface area contributed by atoms with Crippen molar-refractivity contribution in [2.45, 2.75) is 18.7 Å². The highest BCUT2D eigenvalue weighted by Gasteiger charge is 2.11. The predicted molar refractivity (Wildman–Crippen MR) is 94.9 cm³/mol. The van der Waals surface area contributed by atoms with Gasteiger partial charge < -0.3 is 4.57 Å². The summed E-state index contributed by atoms with van der Waals surface area (Å²) in [5, 5.41) is 5.14. The lowest BCUT2D eigenvalue weighted by molar-refractivity contribution is 0.598. The molecule has 1 aromatic carbocycles. The second kappa shape index (κ2) is 6.81. The van der Waals surface area contributed by atoms with Gasteiger partial charge in [0.2, 0.25) is 10.0 Å². The molecular weight excluding hydrogens is 308 g/mol. The first-order chi connectivity index (χ1) is 10.9. The number of hydrogen-bond donors (Lipinski definition) is 1. The van der Waals surface area contributed by atoms with Crippen LogP contribution in [-0.4, -0.2) is 13.0 Å². The molecule has 0 radical (unpaired) electrons. The van der Waals surface area contributed by atoms with E-state index in [4.69, 9.17) is 5.14 Å². The maximum atomic E-state index is 11.4. The largest absolute Gasteiger partial charge is 0.316 e. The number of aromatic nitrogens is 1. The van der Waals surface area contributed by atoms with Gasteiger partial charge in [-0.3, -0.25) is 0 Å². The van der Waals surface area contributed by atoms with Crippen molar-refractivity contribution in [2.24, 2.45) is 5.14 Å². The van der Waals surface area contributed by atoms with Crippen LogP contribution in [-0.2, 0) is 10.0 Å². The minimum absolute atomic E-state index is 0.101. The second-order valence-electron chi connectivity index (χ2n) is 5.15. The summed E-state index contributed by atoms with van der Waals surface area (Å²) in [4.78, 5) is 0.101. The summed E-state index contributed by atoms with van der Waals surface area (Å²) in [6, 6.07) is 8.59. The average Bonchev–Trinajstić information content (AvgIpc) is 2.89. The molecule has 0 aliphatic rings. The van der Waals surface area contributed by atoms with Crippen LogP contribution in [0.25, 0.3) is 11.3 Å². The molecule has 2 N–H and O–H groups in total. The van der Waals surface area contributed by atoms with E-state index in [-0.39, 0.29) is 4.90 Å². The molecule has 1 heterocycles. The first kappa shape index (κ1) is 17.0. The fourth-order valence-electron chi connectivity index (χ4n) is 2.33. The van der Waals surface area contributed by atoms with Gasteiger partial charge in [-0.1, -0.05) is 30.9 Å². The molecule has 0 fully saturated rings. The normalized spacial score (nSPS) is 12.7. The molecule has 0 atom stereocenters. The van der Waals surface area contributed by atoms with E-state index < -0.39 is 10.0 Å². The summed E-state index contributed by atoms with van der Waals surface area (Å²) in [6.07, 6.45) is 9.62. The smallest absolute Gasteiger partial charge is 0.238 e. The number of aryl methyl sites for hydroxylation is 1. The van der Waals surface area contributed by atoms with E-state index in [0.717, 1.165) is 22.5 Å². The summed E-state index contributed by atoms with van der Waals surface area (Å²) in [5.41, 5.74) is 4.05. The minimum Gasteiger partial charge on any atom is -0.316 e. The Hall–Kier alpha value is -2.37. The predicted octanol–water partition coefficient (Wildman–Crippen LogP) is 3.58. The Balaban J connectivity index is 2.52. The molecule has 0 spiro atoms. The average molecular weight is 328 g/mol. The molecule has 5 heteroatoms. The number of sulfonamides is 1. The molecule has 0 unspecified atom stereocenters. The number of primary sulfonamides is 1. The van der Waals surface area contributed by atoms with Gasteiger partial charge in [-0.15, -0.1) is 0 Å². The lowest BCUT2D eigenvalue weighted by Crippen LogP contribution is -2.12. The van der Waals surface area contributed by atoms with Gasteiger partial charge in [0.05, 0.1) is 10.6 Å². The Kier molecular flexibility index (Phi) is 5.03. The van der Waals surface area contributed by atoms with Crippen LogP contribution in [0, 0.1) is 6.92 Å². The molecule has 4 nitrogen and oxygen atoms in total. The van der Waals surface area contributed by atoms with Gasteiger partial charge >= 0.3 is 0 Å². The fourth-order valence-corrected chi connectivity index (χ4v) is 2.84. The number of nitrogens with zero attached hydrogens (tertiary/aromatic N) is 1. The maximum Gasteiger partial charge on any atom is 0.238 e. The first-order valence-electron chi connectivity index (χ1n) is 7.15. The number of rotatable bonds is 5. The molecule has 23 heavy (non-hydrogen) atoms. The van der Waals surface area contributed by atoms with Crippen molar-refractivity contribution in [3.05, 3.63) is 78.7 Å². The number of hydrogen-bond acceptors (Lipinski definition) is 2. The van der Waals surface area contributed by atoms with E-state index in [0.29, 0.717) is 0 Å². The van der Waals surface area contributed by atoms with E-state index >= 15 is 0 Å². The molecule has 2 aromatic rings. The third-order valence-electron chi connectivity index (χ3n) is 3.42.